The van der Waals surface area contributed by atoms with Crippen LogP contribution in [-0.4, -0.2) is 46.0 Å². The summed E-state index contributed by atoms with van der Waals surface area (Å²) in [6.07, 6.45) is 2.84. The zero-order chi connectivity index (χ0) is 19.7. The van der Waals surface area contributed by atoms with Crippen molar-refractivity contribution in [1.29, 1.82) is 0 Å². The van der Waals surface area contributed by atoms with Crippen LogP contribution in [0.1, 0.15) is 44.0 Å². The fraction of sp³-hybridized carbons (Fsp3) is 0.550. The van der Waals surface area contributed by atoms with E-state index in [1.165, 1.54) is 0 Å². The Hall–Kier alpha value is -2.32. The van der Waals surface area contributed by atoms with Crippen LogP contribution in [0.2, 0.25) is 0 Å². The number of nitrogens with zero attached hydrogens (tertiary/aromatic N) is 3. The van der Waals surface area contributed by atoms with Crippen molar-refractivity contribution in [2.75, 3.05) is 25.0 Å². The summed E-state index contributed by atoms with van der Waals surface area (Å²) in [6, 6.07) is 5.77. The molecule has 1 aromatic carbocycles. The van der Waals surface area contributed by atoms with Gasteiger partial charge in [0.2, 0.25) is 5.95 Å². The molecule has 0 unspecified atom stereocenters. The topological polar surface area (TPSA) is 90.3 Å². The highest BCUT2D eigenvalue weighted by molar-refractivity contribution is 5.90. The van der Waals surface area contributed by atoms with Gasteiger partial charge in [0.15, 0.2) is 23.9 Å². The molecular formula is C20H28ClN5O3. The number of ether oxygens (including phenoxy) is 2. The zero-order valence-electron chi connectivity index (χ0n) is 17.0. The summed E-state index contributed by atoms with van der Waals surface area (Å²) < 4.78 is 13.3. The van der Waals surface area contributed by atoms with Crippen LogP contribution < -0.4 is 20.1 Å². The lowest BCUT2D eigenvalue weighted by atomic mass is 9.98. The number of rotatable bonds is 5. The Morgan fingerprint density at radius 2 is 2.14 bits per heavy atom. The van der Waals surface area contributed by atoms with E-state index in [-0.39, 0.29) is 30.5 Å². The summed E-state index contributed by atoms with van der Waals surface area (Å²) in [5, 5.41) is 10.6. The molecule has 0 aliphatic carbocycles. The third kappa shape index (κ3) is 4.82. The number of hydrogen-bond acceptors (Lipinski definition) is 6. The van der Waals surface area contributed by atoms with Crippen LogP contribution in [0.5, 0.6) is 11.5 Å². The number of fused-ring (bicyclic) bond motifs is 1. The van der Waals surface area contributed by atoms with Crippen LogP contribution in [-0.2, 0) is 18.3 Å². The second kappa shape index (κ2) is 8.59. The Bertz CT molecular complexity index is 877. The maximum Gasteiger partial charge on any atom is 0.264 e. The van der Waals surface area contributed by atoms with E-state index in [4.69, 9.17) is 9.47 Å². The molecule has 1 saturated heterocycles. The molecule has 3 heterocycles. The highest BCUT2D eigenvalue weighted by Crippen LogP contribution is 2.41. The maximum atomic E-state index is 12.4. The second-order valence-electron chi connectivity index (χ2n) is 8.06. The number of hydrogen-bond donors (Lipinski definition) is 2. The van der Waals surface area contributed by atoms with Crippen LogP contribution in [0.15, 0.2) is 18.2 Å². The average molecular weight is 422 g/mol. The SMILES string of the molecule is Cl.Cn1nc(C2CCNCC2)nc1NC(=O)COc1cccc2c1OC(C)(C)C2. The van der Waals surface area contributed by atoms with Crippen molar-refractivity contribution < 1.29 is 14.3 Å². The lowest BCUT2D eigenvalue weighted by Crippen LogP contribution is -2.27. The van der Waals surface area contributed by atoms with E-state index in [0.717, 1.165) is 49.5 Å². The van der Waals surface area contributed by atoms with Gasteiger partial charge in [-0.05, 0) is 45.8 Å². The van der Waals surface area contributed by atoms with Gasteiger partial charge in [0.25, 0.3) is 5.91 Å². The molecular weight excluding hydrogens is 394 g/mol. The summed E-state index contributed by atoms with van der Waals surface area (Å²) in [5.41, 5.74) is 0.844. The van der Waals surface area contributed by atoms with Gasteiger partial charge in [-0.15, -0.1) is 12.4 Å². The summed E-state index contributed by atoms with van der Waals surface area (Å²) in [4.78, 5) is 16.9. The standard InChI is InChI=1S/C20H27N5O3.ClH/c1-20(2)11-14-5-4-6-15(17(14)28-20)27-12-16(26)22-19-23-18(24-25(19)3)13-7-9-21-10-8-13;/h4-6,13,21H,7-12H2,1-3H3,(H,22,23,24,26);1H. The molecule has 0 bridgehead atoms. The van der Waals surface area contributed by atoms with Crippen molar-refractivity contribution in [2.24, 2.45) is 7.05 Å². The van der Waals surface area contributed by atoms with E-state index < -0.39 is 0 Å². The number of piperidine rings is 1. The zero-order valence-corrected chi connectivity index (χ0v) is 17.8. The number of para-hydroxylation sites is 1. The molecule has 8 nitrogen and oxygen atoms in total. The van der Waals surface area contributed by atoms with Crippen molar-refractivity contribution in [3.63, 3.8) is 0 Å². The van der Waals surface area contributed by atoms with Crippen LogP contribution in [0, 0.1) is 0 Å². The van der Waals surface area contributed by atoms with Crippen LogP contribution >= 0.6 is 12.4 Å². The van der Waals surface area contributed by atoms with E-state index >= 15 is 0 Å². The highest BCUT2D eigenvalue weighted by Gasteiger charge is 2.32. The maximum absolute atomic E-state index is 12.4. The Morgan fingerprint density at radius 3 is 2.90 bits per heavy atom. The summed E-state index contributed by atoms with van der Waals surface area (Å²) in [5.74, 6) is 2.61. The summed E-state index contributed by atoms with van der Waals surface area (Å²) in [6.45, 7) is 5.91. The molecule has 1 fully saturated rings. The number of aryl methyl sites for hydroxylation is 1. The van der Waals surface area contributed by atoms with Gasteiger partial charge < -0.3 is 14.8 Å². The molecule has 2 aromatic rings. The molecule has 2 aliphatic rings. The minimum absolute atomic E-state index is 0. The van der Waals surface area contributed by atoms with Gasteiger partial charge in [0, 0.05) is 24.9 Å². The Morgan fingerprint density at radius 1 is 1.38 bits per heavy atom. The molecule has 0 radical (unpaired) electrons. The number of amides is 1. The largest absolute Gasteiger partial charge is 0.483 e. The van der Waals surface area contributed by atoms with Crippen molar-refractivity contribution in [3.05, 3.63) is 29.6 Å². The normalized spacial score (nSPS) is 17.8. The molecule has 29 heavy (non-hydrogen) atoms. The molecule has 2 aliphatic heterocycles. The molecule has 0 saturated carbocycles. The fourth-order valence-corrected chi connectivity index (χ4v) is 3.77. The van der Waals surface area contributed by atoms with Crippen molar-refractivity contribution >= 4 is 24.3 Å². The monoisotopic (exact) mass is 421 g/mol. The van der Waals surface area contributed by atoms with E-state index in [1.807, 2.05) is 32.0 Å². The van der Waals surface area contributed by atoms with Crippen molar-refractivity contribution in [1.82, 2.24) is 20.1 Å². The molecule has 158 valence electrons. The van der Waals surface area contributed by atoms with Gasteiger partial charge in [0.1, 0.15) is 5.60 Å². The van der Waals surface area contributed by atoms with Gasteiger partial charge in [-0.25, -0.2) is 4.68 Å². The van der Waals surface area contributed by atoms with Gasteiger partial charge in [-0.3, -0.25) is 10.1 Å². The number of halogens is 1. The number of benzene rings is 1. The predicted molar refractivity (Wildman–Crippen MR) is 112 cm³/mol. The predicted octanol–water partition coefficient (Wildman–Crippen LogP) is 2.43. The minimum Gasteiger partial charge on any atom is -0.483 e. The Labute approximate surface area is 176 Å². The minimum atomic E-state index is -0.276. The van der Waals surface area contributed by atoms with E-state index in [2.05, 4.69) is 20.7 Å². The van der Waals surface area contributed by atoms with E-state index in [1.54, 1.807) is 11.7 Å². The number of anilines is 1. The molecule has 0 spiro atoms. The lowest BCUT2D eigenvalue weighted by Gasteiger charge is -2.19. The average Bonchev–Trinajstić information content (AvgIpc) is 3.19. The molecule has 9 heteroatoms. The number of aromatic nitrogens is 3. The van der Waals surface area contributed by atoms with E-state index in [9.17, 15) is 4.79 Å². The fourth-order valence-electron chi connectivity index (χ4n) is 3.77. The first-order chi connectivity index (χ1) is 13.4. The van der Waals surface area contributed by atoms with Gasteiger partial charge in [-0.1, -0.05) is 12.1 Å². The van der Waals surface area contributed by atoms with Crippen LogP contribution in [0.25, 0.3) is 0 Å². The molecule has 4 rings (SSSR count). The number of carbonyl (C=O) groups excluding carboxylic acids is 1. The van der Waals surface area contributed by atoms with Crippen molar-refractivity contribution in [2.45, 2.75) is 44.6 Å². The van der Waals surface area contributed by atoms with Gasteiger partial charge in [0.05, 0.1) is 0 Å². The van der Waals surface area contributed by atoms with Crippen LogP contribution in [0.4, 0.5) is 5.95 Å². The number of carbonyl (C=O) groups is 1. The number of nitrogens with one attached hydrogen (secondary N) is 2. The summed E-state index contributed by atoms with van der Waals surface area (Å²) >= 11 is 0. The van der Waals surface area contributed by atoms with Crippen LogP contribution in [0.3, 0.4) is 0 Å². The summed E-state index contributed by atoms with van der Waals surface area (Å²) in [7, 11) is 1.79. The second-order valence-corrected chi connectivity index (χ2v) is 8.06. The van der Waals surface area contributed by atoms with Crippen molar-refractivity contribution in [3.8, 4) is 11.5 Å². The van der Waals surface area contributed by atoms with Gasteiger partial charge in [-0.2, -0.15) is 10.1 Å². The Kier molecular flexibility index (Phi) is 6.33. The smallest absolute Gasteiger partial charge is 0.264 e. The quantitative estimate of drug-likeness (QED) is 0.770. The third-order valence-corrected chi connectivity index (χ3v) is 5.15. The first-order valence-corrected chi connectivity index (χ1v) is 9.76. The highest BCUT2D eigenvalue weighted by atomic mass is 35.5. The first-order valence-electron chi connectivity index (χ1n) is 9.76. The molecule has 1 aromatic heterocycles. The Balaban J connectivity index is 0.00000240. The first kappa shape index (κ1) is 21.4. The molecule has 1 amide bonds. The third-order valence-electron chi connectivity index (χ3n) is 5.15. The lowest BCUT2D eigenvalue weighted by molar-refractivity contribution is -0.118. The molecule has 2 N–H and O–H groups in total. The van der Waals surface area contributed by atoms with E-state index in [0.29, 0.717) is 17.6 Å². The van der Waals surface area contributed by atoms with Gasteiger partial charge >= 0.3 is 0 Å². The molecule has 0 atom stereocenters.